The molecule has 8 heteroatoms. The van der Waals surface area contributed by atoms with Gasteiger partial charge in [0.05, 0.1) is 11.2 Å². The van der Waals surface area contributed by atoms with E-state index in [0.29, 0.717) is 17.0 Å². The molecule has 2 aromatic heterocycles. The summed E-state index contributed by atoms with van der Waals surface area (Å²) in [5.41, 5.74) is 4.30. The third kappa shape index (κ3) is 3.47. The Morgan fingerprint density at radius 3 is 1.97 bits per heavy atom. The standard InChI is InChI=1S/C21H19ClN4O2S/c1-14-4-8-16(9-5-14)20-19(22)21(17-10-6-15(2)7-11-17)26(24-20)29(27,28)18-12-23-25(3)13-18/h4-13H,1-3H3. The van der Waals surface area contributed by atoms with Gasteiger partial charge in [-0.05, 0) is 13.8 Å². The molecule has 6 nitrogen and oxygen atoms in total. The molecule has 0 amide bonds. The first-order chi connectivity index (χ1) is 13.8. The van der Waals surface area contributed by atoms with Gasteiger partial charge in [0.1, 0.15) is 16.3 Å². The van der Waals surface area contributed by atoms with Gasteiger partial charge in [-0.3, -0.25) is 4.68 Å². The maximum Gasteiger partial charge on any atom is 0.286 e. The molecule has 0 saturated heterocycles. The van der Waals surface area contributed by atoms with Gasteiger partial charge in [-0.15, -0.1) is 0 Å². The summed E-state index contributed by atoms with van der Waals surface area (Å²) in [4.78, 5) is 0.0444. The van der Waals surface area contributed by atoms with Crippen molar-refractivity contribution in [3.8, 4) is 22.5 Å². The zero-order valence-corrected chi connectivity index (χ0v) is 17.7. The van der Waals surface area contributed by atoms with Crippen LogP contribution < -0.4 is 0 Å². The molecule has 0 saturated carbocycles. The molecular weight excluding hydrogens is 408 g/mol. The van der Waals surface area contributed by atoms with E-state index < -0.39 is 10.0 Å². The minimum Gasteiger partial charge on any atom is -0.274 e. The second-order valence-electron chi connectivity index (χ2n) is 6.94. The maximum absolute atomic E-state index is 13.3. The van der Waals surface area contributed by atoms with Gasteiger partial charge in [0.15, 0.2) is 0 Å². The molecule has 2 heterocycles. The number of aryl methyl sites for hydroxylation is 3. The number of hydrogen-bond acceptors (Lipinski definition) is 4. The van der Waals surface area contributed by atoms with Crippen LogP contribution in [0.5, 0.6) is 0 Å². The molecule has 4 aromatic rings. The third-order valence-corrected chi connectivity index (χ3v) is 6.54. The quantitative estimate of drug-likeness (QED) is 0.483. The third-order valence-electron chi connectivity index (χ3n) is 4.65. The van der Waals surface area contributed by atoms with Gasteiger partial charge in [0.2, 0.25) is 0 Å². The molecule has 0 aliphatic carbocycles. The molecule has 0 unspecified atom stereocenters. The van der Waals surface area contributed by atoms with Crippen LogP contribution in [0.3, 0.4) is 0 Å². The van der Waals surface area contributed by atoms with Crippen molar-refractivity contribution in [2.24, 2.45) is 7.05 Å². The second kappa shape index (κ2) is 7.17. The Balaban J connectivity index is 1.99. The molecule has 0 spiro atoms. The number of halogens is 1. The predicted molar refractivity (Wildman–Crippen MR) is 113 cm³/mol. The van der Waals surface area contributed by atoms with Crippen LogP contribution >= 0.6 is 11.6 Å². The van der Waals surface area contributed by atoms with Crippen molar-refractivity contribution in [1.29, 1.82) is 0 Å². The van der Waals surface area contributed by atoms with Gasteiger partial charge in [0, 0.05) is 24.4 Å². The molecule has 2 aromatic carbocycles. The van der Waals surface area contributed by atoms with Gasteiger partial charge >= 0.3 is 0 Å². The molecule has 4 rings (SSSR count). The molecule has 148 valence electrons. The predicted octanol–water partition coefficient (Wildman–Crippen LogP) is 4.46. The van der Waals surface area contributed by atoms with Crippen LogP contribution in [0.25, 0.3) is 22.5 Å². The Labute approximate surface area is 174 Å². The highest BCUT2D eigenvalue weighted by Crippen LogP contribution is 2.38. The minimum atomic E-state index is -3.99. The van der Waals surface area contributed by atoms with E-state index in [4.69, 9.17) is 11.6 Å². The van der Waals surface area contributed by atoms with Crippen molar-refractivity contribution in [2.45, 2.75) is 18.7 Å². The van der Waals surface area contributed by atoms with Crippen molar-refractivity contribution in [3.63, 3.8) is 0 Å². The molecule has 0 atom stereocenters. The molecule has 0 aliphatic heterocycles. The van der Waals surface area contributed by atoms with E-state index in [-0.39, 0.29) is 9.92 Å². The van der Waals surface area contributed by atoms with E-state index in [0.717, 1.165) is 20.8 Å². The number of benzene rings is 2. The Hall–Kier alpha value is -2.90. The summed E-state index contributed by atoms with van der Waals surface area (Å²) in [6.45, 7) is 3.95. The van der Waals surface area contributed by atoms with Gasteiger partial charge in [-0.25, -0.2) is 0 Å². The molecule has 0 radical (unpaired) electrons. The van der Waals surface area contributed by atoms with Crippen LogP contribution in [0, 0.1) is 13.8 Å². The lowest BCUT2D eigenvalue weighted by Crippen LogP contribution is -2.15. The first-order valence-electron chi connectivity index (χ1n) is 8.94. The second-order valence-corrected chi connectivity index (χ2v) is 9.09. The highest BCUT2D eigenvalue weighted by Gasteiger charge is 2.29. The average Bonchev–Trinajstić information content (AvgIpc) is 3.28. The first kappa shape index (κ1) is 19.4. The van der Waals surface area contributed by atoms with Crippen LogP contribution in [-0.2, 0) is 17.1 Å². The van der Waals surface area contributed by atoms with Crippen LogP contribution in [0.2, 0.25) is 5.02 Å². The topological polar surface area (TPSA) is 69.8 Å². The van der Waals surface area contributed by atoms with Crippen LogP contribution in [-0.4, -0.2) is 27.4 Å². The molecule has 0 bridgehead atoms. The van der Waals surface area contributed by atoms with Crippen molar-refractivity contribution >= 4 is 21.6 Å². The summed E-state index contributed by atoms with van der Waals surface area (Å²) < 4.78 is 29.1. The first-order valence-corrected chi connectivity index (χ1v) is 10.8. The smallest absolute Gasteiger partial charge is 0.274 e. The lowest BCUT2D eigenvalue weighted by Gasteiger charge is -2.08. The van der Waals surface area contributed by atoms with E-state index in [2.05, 4.69) is 10.2 Å². The molecule has 0 aliphatic rings. The van der Waals surface area contributed by atoms with E-state index >= 15 is 0 Å². The van der Waals surface area contributed by atoms with Gasteiger partial charge in [0.25, 0.3) is 10.0 Å². The number of aromatic nitrogens is 4. The molecule has 0 fully saturated rings. The van der Waals surface area contributed by atoms with Gasteiger partial charge < -0.3 is 0 Å². The summed E-state index contributed by atoms with van der Waals surface area (Å²) in [6.07, 6.45) is 2.74. The summed E-state index contributed by atoms with van der Waals surface area (Å²) >= 11 is 6.71. The number of hydrogen-bond donors (Lipinski definition) is 0. The van der Waals surface area contributed by atoms with Crippen molar-refractivity contribution < 1.29 is 8.42 Å². The highest BCUT2D eigenvalue weighted by molar-refractivity contribution is 7.90. The number of nitrogens with zero attached hydrogens (tertiary/aromatic N) is 4. The minimum absolute atomic E-state index is 0.0444. The Kier molecular flexibility index (Phi) is 4.80. The Morgan fingerprint density at radius 1 is 0.897 bits per heavy atom. The fourth-order valence-corrected chi connectivity index (χ4v) is 4.71. The van der Waals surface area contributed by atoms with Crippen molar-refractivity contribution in [2.75, 3.05) is 0 Å². The van der Waals surface area contributed by atoms with Gasteiger partial charge in [-0.1, -0.05) is 71.3 Å². The maximum atomic E-state index is 13.3. The lowest BCUT2D eigenvalue weighted by molar-refractivity contribution is 0.581. The molecule has 29 heavy (non-hydrogen) atoms. The van der Waals surface area contributed by atoms with E-state index in [1.54, 1.807) is 7.05 Å². The summed E-state index contributed by atoms with van der Waals surface area (Å²) in [7, 11) is -2.33. The fourth-order valence-electron chi connectivity index (χ4n) is 3.03. The Morgan fingerprint density at radius 2 is 1.45 bits per heavy atom. The normalized spacial score (nSPS) is 11.7. The molecular formula is C21H19ClN4O2S. The van der Waals surface area contributed by atoms with E-state index in [1.807, 2.05) is 62.4 Å². The SMILES string of the molecule is Cc1ccc(-c2nn(S(=O)(=O)c3cnn(C)c3)c(-c3ccc(C)cc3)c2Cl)cc1. The van der Waals surface area contributed by atoms with Crippen LogP contribution in [0.15, 0.2) is 65.8 Å². The largest absolute Gasteiger partial charge is 0.286 e. The monoisotopic (exact) mass is 426 g/mol. The van der Waals surface area contributed by atoms with Crippen LogP contribution in [0.1, 0.15) is 11.1 Å². The Bertz CT molecular complexity index is 1290. The summed E-state index contributed by atoms with van der Waals surface area (Å²) in [5, 5.41) is 8.69. The zero-order valence-electron chi connectivity index (χ0n) is 16.2. The summed E-state index contributed by atoms with van der Waals surface area (Å²) in [5.74, 6) is 0. The summed E-state index contributed by atoms with van der Waals surface area (Å²) in [6, 6.07) is 15.1. The van der Waals surface area contributed by atoms with Gasteiger partial charge in [-0.2, -0.15) is 22.7 Å². The van der Waals surface area contributed by atoms with Crippen molar-refractivity contribution in [1.82, 2.24) is 19.0 Å². The number of rotatable bonds is 4. The highest BCUT2D eigenvalue weighted by atomic mass is 35.5. The fraction of sp³-hybridized carbons (Fsp3) is 0.143. The average molecular weight is 427 g/mol. The van der Waals surface area contributed by atoms with Crippen molar-refractivity contribution in [3.05, 3.63) is 77.1 Å². The molecule has 0 N–H and O–H groups in total. The zero-order chi connectivity index (χ0) is 20.8. The lowest BCUT2D eigenvalue weighted by atomic mass is 10.1. The van der Waals surface area contributed by atoms with E-state index in [1.165, 1.54) is 17.1 Å². The van der Waals surface area contributed by atoms with E-state index in [9.17, 15) is 8.42 Å². The van der Waals surface area contributed by atoms with Crippen LogP contribution in [0.4, 0.5) is 0 Å².